The van der Waals surface area contributed by atoms with Crippen molar-refractivity contribution in [3.63, 3.8) is 0 Å². The minimum Gasteiger partial charge on any atom is -0.508 e. The number of benzene rings is 2. The van der Waals surface area contributed by atoms with Gasteiger partial charge in [-0.15, -0.1) is 0 Å². The molecule has 1 saturated heterocycles. The van der Waals surface area contributed by atoms with Crippen LogP contribution in [0.15, 0.2) is 72.9 Å². The molecule has 1 fully saturated rings. The fourth-order valence-corrected chi connectivity index (χ4v) is 5.64. The molecule has 1 aliphatic rings. The molecule has 1 aliphatic heterocycles. The third-order valence-electron chi connectivity index (χ3n) is 7.01. The summed E-state index contributed by atoms with van der Waals surface area (Å²) < 4.78 is 2.17. The Bertz CT molecular complexity index is 1540. The number of phenolic OH excluding ortho intramolecular Hbond substituents is 1. The number of carbonyl (C=O) groups excluding carboxylic acids is 1. The van der Waals surface area contributed by atoms with Crippen LogP contribution in [-0.4, -0.2) is 25.7 Å². The minimum atomic E-state index is -0.225. The molecule has 3 heterocycles. The van der Waals surface area contributed by atoms with Gasteiger partial charge in [0.25, 0.3) is 0 Å². The van der Waals surface area contributed by atoms with Gasteiger partial charge in [0.1, 0.15) is 5.75 Å². The van der Waals surface area contributed by atoms with Crippen LogP contribution < -0.4 is 15.5 Å². The third-order valence-corrected chi connectivity index (χ3v) is 7.64. The molecule has 5 rings (SSSR count). The van der Waals surface area contributed by atoms with E-state index in [1.807, 2.05) is 62.4 Å². The Hall–Kier alpha value is -3.88. The second-order valence-electron chi connectivity index (χ2n) is 9.98. The van der Waals surface area contributed by atoms with E-state index < -0.39 is 0 Å². The number of pyridine rings is 1. The first-order valence-corrected chi connectivity index (χ1v) is 13.5. The number of hydrogen-bond donors (Lipinski definition) is 3. The molecule has 9 heteroatoms. The Morgan fingerprint density at radius 3 is 2.44 bits per heavy atom. The monoisotopic (exact) mass is 559 g/mol. The van der Waals surface area contributed by atoms with Gasteiger partial charge in [-0.1, -0.05) is 31.5 Å². The zero-order valence-corrected chi connectivity index (χ0v) is 23.7. The first kappa shape index (κ1) is 26.7. The lowest BCUT2D eigenvalue weighted by Gasteiger charge is -2.28. The molecule has 1 amide bonds. The van der Waals surface area contributed by atoms with Gasteiger partial charge >= 0.3 is 0 Å². The Balaban J connectivity index is 1.61. The Morgan fingerprint density at radius 1 is 1.08 bits per heavy atom. The molecule has 0 saturated carbocycles. The van der Waals surface area contributed by atoms with Crippen LogP contribution in [0.2, 0.25) is 5.02 Å². The molecule has 200 valence electrons. The fourth-order valence-electron chi connectivity index (χ4n) is 5.07. The molecule has 0 radical (unpaired) electrons. The van der Waals surface area contributed by atoms with E-state index in [4.69, 9.17) is 23.8 Å². The predicted molar refractivity (Wildman–Crippen MR) is 160 cm³/mol. The van der Waals surface area contributed by atoms with Crippen LogP contribution in [0.5, 0.6) is 5.75 Å². The van der Waals surface area contributed by atoms with E-state index in [-0.39, 0.29) is 29.7 Å². The van der Waals surface area contributed by atoms with Crippen LogP contribution in [0, 0.1) is 19.8 Å². The number of halogens is 1. The van der Waals surface area contributed by atoms with Gasteiger partial charge in [0.2, 0.25) is 5.91 Å². The highest BCUT2D eigenvalue weighted by atomic mass is 35.5. The van der Waals surface area contributed by atoms with Gasteiger partial charge < -0.3 is 25.2 Å². The van der Waals surface area contributed by atoms with E-state index in [0.717, 1.165) is 34.0 Å². The minimum absolute atomic E-state index is 0.0993. The molecule has 0 bridgehead atoms. The van der Waals surface area contributed by atoms with Crippen molar-refractivity contribution in [2.45, 2.75) is 39.8 Å². The zero-order chi connectivity index (χ0) is 27.8. The van der Waals surface area contributed by atoms with Crippen LogP contribution in [0.1, 0.15) is 48.6 Å². The maximum absolute atomic E-state index is 12.3. The Morgan fingerprint density at radius 2 is 1.79 bits per heavy atom. The molecule has 0 unspecified atom stereocenters. The van der Waals surface area contributed by atoms with Crippen LogP contribution in [0.3, 0.4) is 0 Å². The summed E-state index contributed by atoms with van der Waals surface area (Å²) in [6, 6.07) is 20.3. The number of aromatic nitrogens is 2. The first-order chi connectivity index (χ1) is 18.7. The summed E-state index contributed by atoms with van der Waals surface area (Å²) >= 11 is 12.6. The van der Waals surface area contributed by atoms with Crippen LogP contribution in [0.25, 0.3) is 5.69 Å². The van der Waals surface area contributed by atoms with Gasteiger partial charge in [-0.2, -0.15) is 0 Å². The summed E-state index contributed by atoms with van der Waals surface area (Å²) in [5.41, 5.74) is 6.36. The van der Waals surface area contributed by atoms with E-state index in [1.54, 1.807) is 18.3 Å². The number of aryl methyl sites for hydroxylation is 1. The van der Waals surface area contributed by atoms with Crippen LogP contribution in [0.4, 0.5) is 11.4 Å². The van der Waals surface area contributed by atoms with Gasteiger partial charge in [-0.3, -0.25) is 9.78 Å². The first-order valence-electron chi connectivity index (χ1n) is 12.7. The standard InChI is InChI=1S/C30H30ClN5O2S/c1-17(2)29(38)33-25-13-10-21(16-24(25)31)36-28(27(34-30(36)39)26-7-5-6-14-32-26)23-15-18(3)35(19(23)4)20-8-11-22(37)12-9-20/h5-17,27-28,37H,1-4H3,(H,33,38)(H,34,39)/t27-,28+/m0/s1. The summed E-state index contributed by atoms with van der Waals surface area (Å²) in [6.07, 6.45) is 1.78. The SMILES string of the molecule is Cc1cc([C@@H]2[C@H](c3ccccn3)NC(=S)N2c2ccc(NC(=O)C(C)C)c(Cl)c2)c(C)n1-c1ccc(O)cc1. The van der Waals surface area contributed by atoms with Gasteiger partial charge in [0, 0.05) is 34.9 Å². The molecule has 2 aromatic heterocycles. The highest BCUT2D eigenvalue weighted by molar-refractivity contribution is 7.80. The topological polar surface area (TPSA) is 82.4 Å². The van der Waals surface area contributed by atoms with Crippen molar-refractivity contribution in [2.75, 3.05) is 10.2 Å². The number of thiocarbonyl (C=S) groups is 1. The summed E-state index contributed by atoms with van der Waals surface area (Å²) in [6.45, 7) is 7.82. The molecule has 4 aromatic rings. The van der Waals surface area contributed by atoms with Crippen LogP contribution >= 0.6 is 23.8 Å². The molecule has 39 heavy (non-hydrogen) atoms. The number of phenols is 1. The van der Waals surface area contributed by atoms with Gasteiger partial charge in [0.05, 0.1) is 28.5 Å². The lowest BCUT2D eigenvalue weighted by molar-refractivity contribution is -0.118. The molecule has 0 spiro atoms. The molecular weight excluding hydrogens is 530 g/mol. The quantitative estimate of drug-likeness (QED) is 0.230. The number of nitrogens with one attached hydrogen (secondary N) is 2. The second kappa shape index (κ2) is 10.7. The zero-order valence-electron chi connectivity index (χ0n) is 22.1. The smallest absolute Gasteiger partial charge is 0.226 e. The highest BCUT2D eigenvalue weighted by Crippen LogP contribution is 2.44. The number of nitrogens with zero attached hydrogens (tertiary/aromatic N) is 3. The van der Waals surface area contributed by atoms with Crippen molar-refractivity contribution in [3.8, 4) is 11.4 Å². The average Bonchev–Trinajstić information content (AvgIpc) is 3.41. The summed E-state index contributed by atoms with van der Waals surface area (Å²) in [5, 5.41) is 17.2. The van der Waals surface area contributed by atoms with Crippen molar-refractivity contribution in [1.82, 2.24) is 14.9 Å². The Labute approximate surface area is 238 Å². The van der Waals surface area contributed by atoms with E-state index >= 15 is 0 Å². The van der Waals surface area contributed by atoms with Gasteiger partial charge in [-0.25, -0.2) is 0 Å². The van der Waals surface area contributed by atoms with Crippen molar-refractivity contribution in [1.29, 1.82) is 0 Å². The lowest BCUT2D eigenvalue weighted by atomic mass is 9.96. The van der Waals surface area contributed by atoms with Crippen molar-refractivity contribution < 1.29 is 9.90 Å². The van der Waals surface area contributed by atoms with Crippen molar-refractivity contribution in [3.05, 3.63) is 101 Å². The van der Waals surface area contributed by atoms with E-state index in [2.05, 4.69) is 45.0 Å². The largest absolute Gasteiger partial charge is 0.508 e. The number of aromatic hydroxyl groups is 1. The third kappa shape index (κ3) is 5.10. The van der Waals surface area contributed by atoms with E-state index in [9.17, 15) is 9.90 Å². The molecule has 2 atom stereocenters. The predicted octanol–water partition coefficient (Wildman–Crippen LogP) is 6.62. The average molecular weight is 560 g/mol. The number of carbonyl (C=O) groups is 1. The highest BCUT2D eigenvalue weighted by Gasteiger charge is 2.42. The van der Waals surface area contributed by atoms with E-state index in [0.29, 0.717) is 15.8 Å². The lowest BCUT2D eigenvalue weighted by Crippen LogP contribution is -2.29. The number of hydrogen-bond acceptors (Lipinski definition) is 4. The van der Waals surface area contributed by atoms with Gasteiger partial charge in [0.15, 0.2) is 5.11 Å². The maximum atomic E-state index is 12.3. The van der Waals surface area contributed by atoms with E-state index in [1.165, 1.54) is 0 Å². The molecule has 7 nitrogen and oxygen atoms in total. The van der Waals surface area contributed by atoms with Crippen molar-refractivity contribution in [2.24, 2.45) is 5.92 Å². The Kier molecular flexibility index (Phi) is 7.34. The molecule has 2 aromatic carbocycles. The summed E-state index contributed by atoms with van der Waals surface area (Å²) in [4.78, 5) is 19.0. The number of anilines is 2. The number of rotatable bonds is 6. The molecule has 0 aliphatic carbocycles. The molecular formula is C30H30ClN5O2S. The second-order valence-corrected chi connectivity index (χ2v) is 10.8. The summed E-state index contributed by atoms with van der Waals surface area (Å²) in [7, 11) is 0. The molecule has 3 N–H and O–H groups in total. The van der Waals surface area contributed by atoms with Crippen LogP contribution in [-0.2, 0) is 4.79 Å². The fraction of sp³-hybridized carbons (Fsp3) is 0.233. The summed E-state index contributed by atoms with van der Waals surface area (Å²) in [5.74, 6) is -0.0423. The van der Waals surface area contributed by atoms with Crippen molar-refractivity contribution >= 4 is 46.2 Å². The number of amides is 1. The van der Waals surface area contributed by atoms with Gasteiger partial charge in [-0.05, 0) is 92.3 Å². The normalized spacial score (nSPS) is 17.0. The maximum Gasteiger partial charge on any atom is 0.226 e.